The zero-order valence-electron chi connectivity index (χ0n) is 5.62. The number of nitrogens with two attached hydrogens (primary N) is 2. The van der Waals surface area contributed by atoms with Crippen molar-refractivity contribution in [3.63, 3.8) is 0 Å². The summed E-state index contributed by atoms with van der Waals surface area (Å²) >= 11 is 0. The van der Waals surface area contributed by atoms with Crippen LogP contribution in [-0.2, 0) is 0 Å². The molecule has 0 aromatic carbocycles. The smallest absolute Gasteiger partial charge is 0.0334 e. The largest absolute Gasteiger partial charge is 0.399 e. The van der Waals surface area contributed by atoms with Crippen molar-refractivity contribution >= 4 is 0 Å². The van der Waals surface area contributed by atoms with E-state index in [0.29, 0.717) is 11.4 Å². The van der Waals surface area contributed by atoms with Gasteiger partial charge in [-0.05, 0) is 18.2 Å². The average molecular weight is 134 g/mol. The Morgan fingerprint density at radius 1 is 0.900 bits per heavy atom. The standard InChI is InChI=1S/C8H10N2/c9-7-4-2-1-3-5-8(10)6-7/h1-6H,9-10H2. The molecule has 0 aromatic heterocycles. The molecule has 0 saturated heterocycles. The summed E-state index contributed by atoms with van der Waals surface area (Å²) in [5.74, 6) is 0. The molecule has 1 aliphatic carbocycles. The molecule has 0 atom stereocenters. The van der Waals surface area contributed by atoms with E-state index in [4.69, 9.17) is 11.5 Å². The zero-order chi connectivity index (χ0) is 7.40. The van der Waals surface area contributed by atoms with Gasteiger partial charge in [0.1, 0.15) is 0 Å². The predicted octanol–water partition coefficient (Wildman–Crippen LogP) is 0.798. The van der Waals surface area contributed by atoms with Crippen molar-refractivity contribution < 1.29 is 0 Å². The molecule has 0 spiro atoms. The number of allylic oxidation sites excluding steroid dienone is 6. The van der Waals surface area contributed by atoms with Crippen LogP contribution in [0.4, 0.5) is 0 Å². The summed E-state index contributed by atoms with van der Waals surface area (Å²) in [4.78, 5) is 0. The monoisotopic (exact) mass is 134 g/mol. The van der Waals surface area contributed by atoms with E-state index in [2.05, 4.69) is 0 Å². The molecule has 0 unspecified atom stereocenters. The number of hydrogen-bond acceptors (Lipinski definition) is 2. The Kier molecular flexibility index (Phi) is 1.95. The third-order valence-electron chi connectivity index (χ3n) is 1.13. The van der Waals surface area contributed by atoms with Crippen LogP contribution in [0.15, 0.2) is 47.9 Å². The van der Waals surface area contributed by atoms with Crippen molar-refractivity contribution in [3.8, 4) is 0 Å². The molecule has 0 amide bonds. The normalized spacial score (nSPS) is 17.2. The van der Waals surface area contributed by atoms with Crippen molar-refractivity contribution in [2.75, 3.05) is 0 Å². The van der Waals surface area contributed by atoms with Gasteiger partial charge in [-0.3, -0.25) is 0 Å². The first-order valence-electron chi connectivity index (χ1n) is 3.07. The second kappa shape index (κ2) is 2.92. The number of rotatable bonds is 0. The van der Waals surface area contributed by atoms with Crippen LogP contribution >= 0.6 is 0 Å². The van der Waals surface area contributed by atoms with Crippen LogP contribution < -0.4 is 11.5 Å². The Balaban J connectivity index is 2.89. The lowest BCUT2D eigenvalue weighted by molar-refractivity contribution is 1.33. The van der Waals surface area contributed by atoms with Crippen molar-refractivity contribution in [2.24, 2.45) is 11.5 Å². The van der Waals surface area contributed by atoms with Gasteiger partial charge in [-0.1, -0.05) is 18.2 Å². The Bertz CT molecular complexity index is 229. The van der Waals surface area contributed by atoms with Gasteiger partial charge in [0.05, 0.1) is 0 Å². The van der Waals surface area contributed by atoms with E-state index in [1.165, 1.54) is 0 Å². The Labute approximate surface area is 60.2 Å². The molecule has 2 nitrogen and oxygen atoms in total. The molecule has 0 aliphatic heterocycles. The van der Waals surface area contributed by atoms with E-state index < -0.39 is 0 Å². The van der Waals surface area contributed by atoms with Gasteiger partial charge < -0.3 is 11.5 Å². The quantitative estimate of drug-likeness (QED) is 0.514. The van der Waals surface area contributed by atoms with Crippen molar-refractivity contribution in [1.29, 1.82) is 0 Å². The van der Waals surface area contributed by atoms with Crippen LogP contribution in [0, 0.1) is 0 Å². The van der Waals surface area contributed by atoms with Gasteiger partial charge in [0.25, 0.3) is 0 Å². The topological polar surface area (TPSA) is 52.0 Å². The predicted molar refractivity (Wildman–Crippen MR) is 42.8 cm³/mol. The van der Waals surface area contributed by atoms with E-state index in [-0.39, 0.29) is 0 Å². The lowest BCUT2D eigenvalue weighted by atomic mass is 10.2. The molecule has 1 aliphatic rings. The molecular formula is C8H10N2. The van der Waals surface area contributed by atoms with Crippen LogP contribution in [-0.4, -0.2) is 0 Å². The highest BCUT2D eigenvalue weighted by Gasteiger charge is 1.85. The first kappa shape index (κ1) is 6.68. The van der Waals surface area contributed by atoms with Crippen LogP contribution in [0.1, 0.15) is 0 Å². The second-order valence-corrected chi connectivity index (χ2v) is 2.06. The average Bonchev–Trinajstić information content (AvgIpc) is 1.83. The molecule has 1 rings (SSSR count). The van der Waals surface area contributed by atoms with E-state index in [1.807, 2.05) is 18.2 Å². The fraction of sp³-hybridized carbons (Fsp3) is 0. The van der Waals surface area contributed by atoms with Crippen molar-refractivity contribution in [3.05, 3.63) is 47.9 Å². The van der Waals surface area contributed by atoms with Gasteiger partial charge in [-0.15, -0.1) is 0 Å². The molecule has 0 heterocycles. The summed E-state index contributed by atoms with van der Waals surface area (Å²) in [5, 5.41) is 0. The zero-order valence-corrected chi connectivity index (χ0v) is 5.62. The minimum absolute atomic E-state index is 0.679. The fourth-order valence-corrected chi connectivity index (χ4v) is 0.686. The highest BCUT2D eigenvalue weighted by molar-refractivity contribution is 5.33. The Morgan fingerprint density at radius 2 is 1.70 bits per heavy atom. The molecule has 4 N–H and O–H groups in total. The van der Waals surface area contributed by atoms with E-state index in [0.717, 1.165) is 0 Å². The minimum atomic E-state index is 0.679. The molecule has 2 heteroatoms. The summed E-state index contributed by atoms with van der Waals surface area (Å²) in [6, 6.07) is 0. The Hall–Kier alpha value is -1.44. The lowest BCUT2D eigenvalue weighted by Gasteiger charge is -1.95. The Morgan fingerprint density at radius 3 is 2.50 bits per heavy atom. The first-order chi connectivity index (χ1) is 4.79. The minimum Gasteiger partial charge on any atom is -0.399 e. The van der Waals surface area contributed by atoms with E-state index in [1.54, 1.807) is 18.2 Å². The molecule has 0 radical (unpaired) electrons. The summed E-state index contributed by atoms with van der Waals surface area (Å²) in [7, 11) is 0. The highest BCUT2D eigenvalue weighted by Crippen LogP contribution is 1.97. The van der Waals surface area contributed by atoms with Crippen LogP contribution in [0.25, 0.3) is 0 Å². The van der Waals surface area contributed by atoms with Crippen LogP contribution in [0.3, 0.4) is 0 Å². The molecule has 0 aromatic rings. The van der Waals surface area contributed by atoms with Gasteiger partial charge in [0, 0.05) is 11.4 Å². The molecule has 0 saturated carbocycles. The van der Waals surface area contributed by atoms with Gasteiger partial charge in [0.15, 0.2) is 0 Å². The summed E-state index contributed by atoms with van der Waals surface area (Å²) in [5.41, 5.74) is 12.4. The highest BCUT2D eigenvalue weighted by atomic mass is 14.6. The first-order valence-corrected chi connectivity index (χ1v) is 3.07. The molecule has 10 heavy (non-hydrogen) atoms. The molecule has 0 bridgehead atoms. The lowest BCUT2D eigenvalue weighted by Crippen LogP contribution is -1.99. The van der Waals surface area contributed by atoms with Crippen molar-refractivity contribution in [1.82, 2.24) is 0 Å². The van der Waals surface area contributed by atoms with E-state index >= 15 is 0 Å². The van der Waals surface area contributed by atoms with Crippen molar-refractivity contribution in [2.45, 2.75) is 0 Å². The fourth-order valence-electron chi connectivity index (χ4n) is 0.686. The number of hydrogen-bond donors (Lipinski definition) is 2. The van der Waals surface area contributed by atoms with Crippen LogP contribution in [0.2, 0.25) is 0 Å². The third-order valence-corrected chi connectivity index (χ3v) is 1.13. The summed E-state index contributed by atoms with van der Waals surface area (Å²) < 4.78 is 0. The SMILES string of the molecule is NC1=CC=CC=CC(N)=C1. The van der Waals surface area contributed by atoms with Gasteiger partial charge in [-0.25, -0.2) is 0 Å². The second-order valence-electron chi connectivity index (χ2n) is 2.06. The van der Waals surface area contributed by atoms with Crippen LogP contribution in [0.5, 0.6) is 0 Å². The van der Waals surface area contributed by atoms with Gasteiger partial charge in [-0.2, -0.15) is 0 Å². The van der Waals surface area contributed by atoms with Gasteiger partial charge in [0.2, 0.25) is 0 Å². The summed E-state index contributed by atoms with van der Waals surface area (Å²) in [6.07, 6.45) is 10.9. The molecular weight excluding hydrogens is 124 g/mol. The molecule has 52 valence electrons. The third kappa shape index (κ3) is 1.82. The maximum Gasteiger partial charge on any atom is 0.0334 e. The van der Waals surface area contributed by atoms with Gasteiger partial charge >= 0.3 is 0 Å². The van der Waals surface area contributed by atoms with E-state index in [9.17, 15) is 0 Å². The summed E-state index contributed by atoms with van der Waals surface area (Å²) in [6.45, 7) is 0. The molecule has 0 fully saturated rings. The maximum absolute atomic E-state index is 5.51. The maximum atomic E-state index is 5.51.